The van der Waals surface area contributed by atoms with Crippen LogP contribution in [0.25, 0.3) is 0 Å². The summed E-state index contributed by atoms with van der Waals surface area (Å²) in [5, 5.41) is 0. The number of carbonyl (C=O) groups excluding carboxylic acids is 1. The molecule has 0 aliphatic heterocycles. The van der Waals surface area contributed by atoms with Gasteiger partial charge in [0.2, 0.25) is 0 Å². The summed E-state index contributed by atoms with van der Waals surface area (Å²) in [4.78, 5) is 11.4. The molecule has 0 radical (unpaired) electrons. The molecule has 1 heteroatoms. The fourth-order valence-electron chi connectivity index (χ4n) is 2.73. The zero-order valence-corrected chi connectivity index (χ0v) is 15.2. The van der Waals surface area contributed by atoms with E-state index in [1.54, 1.807) is 0 Å². The molecular formula is C20H38O. The predicted molar refractivity (Wildman–Crippen MR) is 94.6 cm³/mol. The summed E-state index contributed by atoms with van der Waals surface area (Å²) in [6.45, 7) is 11.3. The molecule has 0 bridgehead atoms. The molecule has 0 saturated heterocycles. The highest BCUT2D eigenvalue weighted by molar-refractivity contribution is 5.78. The molecule has 0 rings (SSSR count). The Bertz CT molecular complexity index is 288. The summed E-state index contributed by atoms with van der Waals surface area (Å²) in [5.74, 6) is 2.13. The third-order valence-corrected chi connectivity index (χ3v) is 4.19. The van der Waals surface area contributed by atoms with Gasteiger partial charge in [0.1, 0.15) is 5.78 Å². The van der Waals surface area contributed by atoms with Gasteiger partial charge in [0.25, 0.3) is 0 Å². The molecule has 0 amide bonds. The molecule has 124 valence electrons. The van der Waals surface area contributed by atoms with Crippen molar-refractivity contribution in [2.24, 2.45) is 11.8 Å². The molecule has 0 saturated carbocycles. The Labute approximate surface area is 133 Å². The lowest BCUT2D eigenvalue weighted by Crippen LogP contribution is -1.97. The van der Waals surface area contributed by atoms with Gasteiger partial charge in [-0.15, -0.1) is 0 Å². The smallest absolute Gasteiger partial charge is 0.133 e. The second-order valence-electron chi connectivity index (χ2n) is 7.20. The number of allylic oxidation sites excluding steroid dienone is 2. The number of rotatable bonds is 13. The number of carbonyl (C=O) groups is 1. The van der Waals surface area contributed by atoms with Crippen LogP contribution in [0.5, 0.6) is 0 Å². The fourth-order valence-corrected chi connectivity index (χ4v) is 2.73. The Kier molecular flexibility index (Phi) is 12.7. The molecule has 0 spiro atoms. The van der Waals surface area contributed by atoms with Crippen molar-refractivity contribution in [1.82, 2.24) is 0 Å². The largest absolute Gasteiger partial charge is 0.300 e. The molecule has 1 nitrogen and oxygen atoms in total. The van der Waals surface area contributed by atoms with Crippen LogP contribution in [0.15, 0.2) is 11.6 Å². The van der Waals surface area contributed by atoms with E-state index < -0.39 is 0 Å². The van der Waals surface area contributed by atoms with E-state index in [0.29, 0.717) is 5.78 Å². The van der Waals surface area contributed by atoms with Gasteiger partial charge in [-0.2, -0.15) is 0 Å². The van der Waals surface area contributed by atoms with Crippen molar-refractivity contribution >= 4 is 5.78 Å². The van der Waals surface area contributed by atoms with Crippen LogP contribution in [-0.2, 0) is 4.79 Å². The summed E-state index contributed by atoms with van der Waals surface area (Å²) >= 11 is 0. The number of ketones is 1. The number of hydrogen-bond donors (Lipinski definition) is 0. The zero-order chi connectivity index (χ0) is 16.1. The molecule has 1 unspecified atom stereocenters. The topological polar surface area (TPSA) is 17.1 Å². The summed E-state index contributed by atoms with van der Waals surface area (Å²) < 4.78 is 0. The van der Waals surface area contributed by atoms with Crippen molar-refractivity contribution in [2.45, 2.75) is 98.8 Å². The van der Waals surface area contributed by atoms with Gasteiger partial charge in [-0.05, 0) is 44.4 Å². The summed E-state index contributed by atoms with van der Waals surface area (Å²) in [7, 11) is 0. The normalized spacial score (nSPS) is 13.7. The monoisotopic (exact) mass is 294 g/mol. The van der Waals surface area contributed by atoms with E-state index in [0.717, 1.165) is 37.5 Å². The van der Waals surface area contributed by atoms with Crippen LogP contribution in [0, 0.1) is 11.8 Å². The van der Waals surface area contributed by atoms with Gasteiger partial charge in [0.15, 0.2) is 0 Å². The Balaban J connectivity index is 3.63. The van der Waals surface area contributed by atoms with Crippen LogP contribution in [-0.4, -0.2) is 5.78 Å². The molecular weight excluding hydrogens is 256 g/mol. The highest BCUT2D eigenvalue weighted by Gasteiger charge is 2.04. The van der Waals surface area contributed by atoms with Gasteiger partial charge in [0, 0.05) is 12.8 Å². The molecule has 0 aromatic heterocycles. The maximum absolute atomic E-state index is 11.4. The van der Waals surface area contributed by atoms with E-state index >= 15 is 0 Å². The predicted octanol–water partition coefficient (Wildman–Crippen LogP) is 6.71. The Morgan fingerprint density at radius 1 is 0.952 bits per heavy atom. The summed E-state index contributed by atoms with van der Waals surface area (Å²) in [6.07, 6.45) is 13.7. The minimum atomic E-state index is 0.417. The van der Waals surface area contributed by atoms with Gasteiger partial charge in [-0.25, -0.2) is 0 Å². The first-order valence-corrected chi connectivity index (χ1v) is 9.13. The first-order chi connectivity index (χ1) is 9.95. The van der Waals surface area contributed by atoms with Gasteiger partial charge in [0.05, 0.1) is 0 Å². The lowest BCUT2D eigenvalue weighted by molar-refractivity contribution is -0.119. The Morgan fingerprint density at radius 3 is 2.24 bits per heavy atom. The molecule has 0 aliphatic carbocycles. The molecule has 0 fully saturated rings. The Hall–Kier alpha value is -0.590. The fraction of sp³-hybridized carbons (Fsp3) is 0.850. The van der Waals surface area contributed by atoms with Gasteiger partial charge < -0.3 is 0 Å². The van der Waals surface area contributed by atoms with Crippen LogP contribution in [0.3, 0.4) is 0 Å². The Morgan fingerprint density at radius 2 is 1.62 bits per heavy atom. The second-order valence-corrected chi connectivity index (χ2v) is 7.20. The molecule has 0 aromatic rings. The van der Waals surface area contributed by atoms with Crippen molar-refractivity contribution in [3.63, 3.8) is 0 Å². The summed E-state index contributed by atoms with van der Waals surface area (Å²) in [5.41, 5.74) is 1.47. The van der Waals surface area contributed by atoms with E-state index in [2.05, 4.69) is 40.7 Å². The highest BCUT2D eigenvalue weighted by atomic mass is 16.1. The van der Waals surface area contributed by atoms with Gasteiger partial charge >= 0.3 is 0 Å². The van der Waals surface area contributed by atoms with Crippen LogP contribution in [0.1, 0.15) is 98.8 Å². The van der Waals surface area contributed by atoms with E-state index in [-0.39, 0.29) is 0 Å². The van der Waals surface area contributed by atoms with E-state index in [1.807, 2.05) is 0 Å². The van der Waals surface area contributed by atoms with E-state index in [4.69, 9.17) is 0 Å². The first-order valence-electron chi connectivity index (χ1n) is 9.13. The van der Waals surface area contributed by atoms with Crippen molar-refractivity contribution in [3.05, 3.63) is 11.6 Å². The van der Waals surface area contributed by atoms with E-state index in [9.17, 15) is 4.79 Å². The van der Waals surface area contributed by atoms with Crippen molar-refractivity contribution in [3.8, 4) is 0 Å². The SMILES string of the molecule is CCCC(=O)CC/C=C(\C)CCCC(C)CCCC(C)C. The van der Waals surface area contributed by atoms with Crippen molar-refractivity contribution in [2.75, 3.05) is 0 Å². The molecule has 0 heterocycles. The average molecular weight is 295 g/mol. The average Bonchev–Trinajstić information content (AvgIpc) is 2.38. The van der Waals surface area contributed by atoms with Gasteiger partial charge in [-0.3, -0.25) is 4.79 Å². The van der Waals surface area contributed by atoms with Crippen LogP contribution >= 0.6 is 0 Å². The van der Waals surface area contributed by atoms with Crippen LogP contribution < -0.4 is 0 Å². The molecule has 0 N–H and O–H groups in total. The van der Waals surface area contributed by atoms with Crippen molar-refractivity contribution < 1.29 is 4.79 Å². The highest BCUT2D eigenvalue weighted by Crippen LogP contribution is 2.19. The zero-order valence-electron chi connectivity index (χ0n) is 15.2. The van der Waals surface area contributed by atoms with Gasteiger partial charge in [-0.1, -0.05) is 65.0 Å². The molecule has 0 aromatic carbocycles. The standard InChI is InChI=1S/C20H38O/c1-6-10-20(21)16-9-15-19(5)14-8-13-18(4)12-7-11-17(2)3/h15,17-18H,6-14,16H2,1-5H3/b19-15+. The third-order valence-electron chi connectivity index (χ3n) is 4.19. The van der Waals surface area contributed by atoms with Crippen LogP contribution in [0.4, 0.5) is 0 Å². The lowest BCUT2D eigenvalue weighted by atomic mass is 9.94. The van der Waals surface area contributed by atoms with Crippen LogP contribution in [0.2, 0.25) is 0 Å². The lowest BCUT2D eigenvalue weighted by Gasteiger charge is -2.12. The summed E-state index contributed by atoms with van der Waals surface area (Å²) in [6, 6.07) is 0. The number of Topliss-reactive ketones (excluding diaryl/α,β-unsaturated/α-hetero) is 1. The third kappa shape index (κ3) is 14.1. The maximum atomic E-state index is 11.4. The van der Waals surface area contributed by atoms with E-state index in [1.165, 1.54) is 44.1 Å². The molecule has 0 aliphatic rings. The minimum absolute atomic E-state index is 0.417. The maximum Gasteiger partial charge on any atom is 0.133 e. The second kappa shape index (κ2) is 13.1. The number of hydrogen-bond acceptors (Lipinski definition) is 1. The molecule has 1 atom stereocenters. The van der Waals surface area contributed by atoms with Crippen molar-refractivity contribution in [1.29, 1.82) is 0 Å². The minimum Gasteiger partial charge on any atom is -0.300 e. The quantitative estimate of drug-likeness (QED) is 0.345. The molecule has 21 heavy (non-hydrogen) atoms. The first kappa shape index (κ1) is 20.4.